The maximum atomic E-state index is 11.8. The first-order valence-corrected chi connectivity index (χ1v) is 6.56. The van der Waals surface area contributed by atoms with Gasteiger partial charge in [0.15, 0.2) is 0 Å². The molecule has 1 unspecified atom stereocenters. The first kappa shape index (κ1) is 15.5. The lowest BCUT2D eigenvalue weighted by atomic mass is 10.0. The molecular formula is C13H16BrNO4. The summed E-state index contributed by atoms with van der Waals surface area (Å²) in [5.74, 6) is -0.687. The van der Waals surface area contributed by atoms with Crippen molar-refractivity contribution in [3.63, 3.8) is 0 Å². The minimum atomic E-state index is -0.899. The van der Waals surface area contributed by atoms with Crippen molar-refractivity contribution in [1.29, 1.82) is 0 Å². The number of hydrogen-bond acceptors (Lipinski definition) is 3. The van der Waals surface area contributed by atoms with E-state index in [1.807, 2.05) is 0 Å². The Kier molecular flexibility index (Phi) is 5.82. The molecule has 5 nitrogen and oxygen atoms in total. The average Bonchev–Trinajstić information content (AvgIpc) is 2.26. The number of benzene rings is 1. The molecule has 1 amide bonds. The van der Waals surface area contributed by atoms with Crippen molar-refractivity contribution >= 4 is 33.5 Å². The van der Waals surface area contributed by atoms with Crippen molar-refractivity contribution < 1.29 is 19.4 Å². The molecular weight excluding hydrogens is 314 g/mol. The van der Waals surface area contributed by atoms with Crippen LogP contribution in [0.5, 0.6) is 5.75 Å². The van der Waals surface area contributed by atoms with Crippen LogP contribution in [-0.4, -0.2) is 24.1 Å². The molecule has 0 heterocycles. The van der Waals surface area contributed by atoms with E-state index in [1.54, 1.807) is 32.2 Å². The Labute approximate surface area is 120 Å². The molecule has 0 saturated carbocycles. The van der Waals surface area contributed by atoms with E-state index in [0.717, 1.165) is 4.47 Å². The van der Waals surface area contributed by atoms with Gasteiger partial charge in [-0.05, 0) is 18.1 Å². The van der Waals surface area contributed by atoms with Crippen LogP contribution in [0, 0.1) is 5.92 Å². The lowest BCUT2D eigenvalue weighted by Crippen LogP contribution is -2.17. The van der Waals surface area contributed by atoms with Gasteiger partial charge in [-0.3, -0.25) is 9.59 Å². The van der Waals surface area contributed by atoms with Gasteiger partial charge < -0.3 is 15.2 Å². The summed E-state index contributed by atoms with van der Waals surface area (Å²) in [6.45, 7) is 1.73. The zero-order chi connectivity index (χ0) is 14.4. The van der Waals surface area contributed by atoms with Crippen LogP contribution in [0.3, 0.4) is 0 Å². The van der Waals surface area contributed by atoms with Crippen LogP contribution >= 0.6 is 15.9 Å². The molecule has 0 saturated heterocycles. The maximum absolute atomic E-state index is 11.8. The number of rotatable bonds is 6. The number of carboxylic acids is 1. The Morgan fingerprint density at radius 3 is 2.63 bits per heavy atom. The van der Waals surface area contributed by atoms with E-state index >= 15 is 0 Å². The number of hydrogen-bond donors (Lipinski definition) is 2. The third-order valence-corrected chi connectivity index (χ3v) is 2.91. The van der Waals surface area contributed by atoms with Crippen molar-refractivity contribution in [2.45, 2.75) is 19.8 Å². The molecule has 6 heteroatoms. The Morgan fingerprint density at radius 1 is 1.37 bits per heavy atom. The fourth-order valence-corrected chi connectivity index (χ4v) is 2.12. The fourth-order valence-electron chi connectivity index (χ4n) is 1.65. The van der Waals surface area contributed by atoms with Gasteiger partial charge in [0.25, 0.3) is 0 Å². The summed E-state index contributed by atoms with van der Waals surface area (Å²) in [5, 5.41) is 11.4. The normalized spacial score (nSPS) is 11.7. The molecule has 2 N–H and O–H groups in total. The highest BCUT2D eigenvalue weighted by atomic mass is 79.9. The zero-order valence-corrected chi connectivity index (χ0v) is 12.4. The summed E-state index contributed by atoms with van der Waals surface area (Å²) < 4.78 is 5.88. The van der Waals surface area contributed by atoms with Gasteiger partial charge in [-0.25, -0.2) is 0 Å². The second-order valence-electron chi connectivity index (χ2n) is 4.34. The SMILES string of the molecule is COc1cc(Br)cc(NC(=O)CC(C)CC(=O)O)c1. The van der Waals surface area contributed by atoms with Crippen LogP contribution in [0.4, 0.5) is 5.69 Å². The van der Waals surface area contributed by atoms with E-state index in [9.17, 15) is 9.59 Å². The van der Waals surface area contributed by atoms with Crippen LogP contribution in [0.1, 0.15) is 19.8 Å². The lowest BCUT2D eigenvalue weighted by Gasteiger charge is -2.10. The predicted molar refractivity (Wildman–Crippen MR) is 75.4 cm³/mol. The quantitative estimate of drug-likeness (QED) is 0.841. The van der Waals surface area contributed by atoms with Crippen LogP contribution in [0.2, 0.25) is 0 Å². The Bertz CT molecular complexity index is 476. The number of nitrogens with one attached hydrogen (secondary N) is 1. The molecule has 0 fully saturated rings. The van der Waals surface area contributed by atoms with Crippen molar-refractivity contribution in [1.82, 2.24) is 0 Å². The summed E-state index contributed by atoms with van der Waals surface area (Å²) in [4.78, 5) is 22.3. The summed E-state index contributed by atoms with van der Waals surface area (Å²) in [5.41, 5.74) is 0.610. The van der Waals surface area contributed by atoms with Gasteiger partial charge in [0.2, 0.25) is 5.91 Å². The van der Waals surface area contributed by atoms with E-state index in [1.165, 1.54) is 0 Å². The molecule has 0 aliphatic rings. The van der Waals surface area contributed by atoms with Crippen LogP contribution in [0.25, 0.3) is 0 Å². The molecule has 1 atom stereocenters. The first-order chi connectivity index (χ1) is 8.90. The molecule has 19 heavy (non-hydrogen) atoms. The molecule has 0 aliphatic carbocycles. The second-order valence-corrected chi connectivity index (χ2v) is 5.25. The predicted octanol–water partition coefficient (Wildman–Crippen LogP) is 2.90. The smallest absolute Gasteiger partial charge is 0.303 e. The number of methoxy groups -OCH3 is 1. The summed E-state index contributed by atoms with van der Waals surface area (Å²) >= 11 is 3.32. The highest BCUT2D eigenvalue weighted by Crippen LogP contribution is 2.24. The molecule has 1 aromatic carbocycles. The Hall–Kier alpha value is -1.56. The third kappa shape index (κ3) is 5.74. The van der Waals surface area contributed by atoms with Crippen LogP contribution in [0.15, 0.2) is 22.7 Å². The van der Waals surface area contributed by atoms with Gasteiger partial charge in [-0.15, -0.1) is 0 Å². The van der Waals surface area contributed by atoms with Gasteiger partial charge in [-0.2, -0.15) is 0 Å². The van der Waals surface area contributed by atoms with Crippen LogP contribution in [-0.2, 0) is 9.59 Å². The number of aliphatic carboxylic acids is 1. The highest BCUT2D eigenvalue weighted by molar-refractivity contribution is 9.10. The Morgan fingerprint density at radius 2 is 2.05 bits per heavy atom. The molecule has 1 rings (SSSR count). The number of carbonyl (C=O) groups is 2. The summed E-state index contributed by atoms with van der Waals surface area (Å²) in [6, 6.07) is 5.23. The molecule has 1 aromatic rings. The minimum absolute atomic E-state index is 0.0186. The van der Waals surface area contributed by atoms with Gasteiger partial charge in [-0.1, -0.05) is 22.9 Å². The maximum Gasteiger partial charge on any atom is 0.303 e. The number of amides is 1. The van der Waals surface area contributed by atoms with Gasteiger partial charge in [0.05, 0.1) is 7.11 Å². The summed E-state index contributed by atoms with van der Waals surface area (Å²) in [7, 11) is 1.54. The molecule has 0 aliphatic heterocycles. The lowest BCUT2D eigenvalue weighted by molar-refractivity contribution is -0.138. The summed E-state index contributed by atoms with van der Waals surface area (Å²) in [6.07, 6.45) is 0.149. The van der Waals surface area contributed by atoms with E-state index < -0.39 is 5.97 Å². The van der Waals surface area contributed by atoms with E-state index in [0.29, 0.717) is 11.4 Å². The molecule has 0 aromatic heterocycles. The highest BCUT2D eigenvalue weighted by Gasteiger charge is 2.13. The standard InChI is InChI=1S/C13H16BrNO4/c1-8(4-13(17)18)3-12(16)15-10-5-9(14)6-11(7-10)19-2/h5-8H,3-4H2,1-2H3,(H,15,16)(H,17,18). The van der Waals surface area contributed by atoms with Crippen molar-refractivity contribution in [2.75, 3.05) is 12.4 Å². The van der Waals surface area contributed by atoms with Gasteiger partial charge in [0, 0.05) is 29.1 Å². The fraction of sp³-hybridized carbons (Fsp3) is 0.385. The molecule has 0 bridgehead atoms. The van der Waals surface area contributed by atoms with Crippen molar-refractivity contribution in [3.05, 3.63) is 22.7 Å². The first-order valence-electron chi connectivity index (χ1n) is 5.77. The monoisotopic (exact) mass is 329 g/mol. The van der Waals surface area contributed by atoms with E-state index in [4.69, 9.17) is 9.84 Å². The topological polar surface area (TPSA) is 75.6 Å². The number of carboxylic acid groups (broad SMARTS) is 1. The second kappa shape index (κ2) is 7.13. The van der Waals surface area contributed by atoms with E-state index in [2.05, 4.69) is 21.2 Å². The number of ether oxygens (including phenoxy) is 1. The largest absolute Gasteiger partial charge is 0.497 e. The van der Waals surface area contributed by atoms with Gasteiger partial charge >= 0.3 is 5.97 Å². The minimum Gasteiger partial charge on any atom is -0.497 e. The van der Waals surface area contributed by atoms with Crippen LogP contribution < -0.4 is 10.1 Å². The molecule has 104 valence electrons. The number of carbonyl (C=O) groups excluding carboxylic acids is 1. The third-order valence-electron chi connectivity index (χ3n) is 2.45. The van der Waals surface area contributed by atoms with Crippen molar-refractivity contribution in [3.8, 4) is 5.75 Å². The average molecular weight is 330 g/mol. The molecule has 0 radical (unpaired) electrons. The molecule has 0 spiro atoms. The van der Waals surface area contributed by atoms with Crippen molar-refractivity contribution in [2.24, 2.45) is 5.92 Å². The van der Waals surface area contributed by atoms with E-state index in [-0.39, 0.29) is 24.7 Å². The zero-order valence-electron chi connectivity index (χ0n) is 10.8. The van der Waals surface area contributed by atoms with Gasteiger partial charge in [0.1, 0.15) is 5.75 Å². The Balaban J connectivity index is 2.61. The number of halogens is 1. The number of anilines is 1.